The van der Waals surface area contributed by atoms with Gasteiger partial charge in [-0.25, -0.2) is 18.1 Å². The summed E-state index contributed by atoms with van der Waals surface area (Å²) in [6.07, 6.45) is 0. The summed E-state index contributed by atoms with van der Waals surface area (Å²) in [4.78, 5) is 4.22. The Bertz CT molecular complexity index is 421. The lowest BCUT2D eigenvalue weighted by atomic mass is 10.2. The van der Waals surface area contributed by atoms with Crippen LogP contribution < -0.4 is 4.72 Å². The van der Waals surface area contributed by atoms with E-state index >= 15 is 0 Å². The van der Waals surface area contributed by atoms with Gasteiger partial charge in [0.1, 0.15) is 0 Å². The number of nitrogens with one attached hydrogen (secondary N) is 1. The van der Waals surface area contributed by atoms with Gasteiger partial charge in [-0.2, -0.15) is 0 Å². The molecule has 1 rings (SSSR count). The molecule has 1 aromatic heterocycles. The molecule has 0 aliphatic rings. The Balaban J connectivity index is 3.24. The molecule has 14 heavy (non-hydrogen) atoms. The monoisotopic (exact) mass is 234 g/mol. The first-order valence-corrected chi connectivity index (χ1v) is 6.59. The topological polar surface area (TPSA) is 59.1 Å². The van der Waals surface area contributed by atoms with Gasteiger partial charge < -0.3 is 0 Å². The zero-order chi connectivity index (χ0) is 10.9. The van der Waals surface area contributed by atoms with Gasteiger partial charge >= 0.3 is 0 Å². The van der Waals surface area contributed by atoms with E-state index in [1.165, 1.54) is 18.4 Å². The third kappa shape index (κ3) is 2.13. The number of sulfonamides is 1. The minimum absolute atomic E-state index is 0.263. The van der Waals surface area contributed by atoms with E-state index in [4.69, 9.17) is 0 Å². The molecule has 0 aliphatic heterocycles. The molecule has 1 heterocycles. The van der Waals surface area contributed by atoms with Crippen LogP contribution in [-0.2, 0) is 10.0 Å². The molecule has 0 saturated heterocycles. The average molecular weight is 234 g/mol. The summed E-state index contributed by atoms with van der Waals surface area (Å²) in [6.45, 7) is 5.70. The maximum absolute atomic E-state index is 11.5. The maximum atomic E-state index is 11.5. The van der Waals surface area contributed by atoms with Gasteiger partial charge in [0.25, 0.3) is 10.0 Å². The van der Waals surface area contributed by atoms with E-state index < -0.39 is 10.0 Å². The summed E-state index contributed by atoms with van der Waals surface area (Å²) in [7, 11) is -1.93. The van der Waals surface area contributed by atoms with E-state index in [2.05, 4.69) is 9.71 Å². The number of aromatic nitrogens is 1. The Hall–Kier alpha value is -0.460. The second-order valence-electron chi connectivity index (χ2n) is 3.29. The van der Waals surface area contributed by atoms with Gasteiger partial charge in [0.2, 0.25) is 0 Å². The Labute approximate surface area is 88.4 Å². The van der Waals surface area contributed by atoms with Crippen molar-refractivity contribution < 1.29 is 8.42 Å². The molecule has 1 N–H and O–H groups in total. The van der Waals surface area contributed by atoms with E-state index in [1.54, 1.807) is 6.92 Å². The van der Waals surface area contributed by atoms with Crippen LogP contribution in [0.2, 0.25) is 0 Å². The second kappa shape index (κ2) is 3.96. The van der Waals surface area contributed by atoms with Crippen LogP contribution in [0.5, 0.6) is 0 Å². The van der Waals surface area contributed by atoms with Crippen molar-refractivity contribution in [3.63, 3.8) is 0 Å². The fraction of sp³-hybridized carbons (Fsp3) is 0.625. The molecule has 0 spiro atoms. The van der Waals surface area contributed by atoms with Crippen LogP contribution in [0.4, 0.5) is 0 Å². The molecule has 6 heteroatoms. The van der Waals surface area contributed by atoms with Gasteiger partial charge in [0.05, 0.1) is 10.7 Å². The van der Waals surface area contributed by atoms with Crippen molar-refractivity contribution in [3.8, 4) is 0 Å². The summed E-state index contributed by atoms with van der Waals surface area (Å²) in [5.74, 6) is 0.263. The standard InChI is InChI=1S/C8H14N2O2S2/c1-5(2)7-10-6(3)8(13-7)14(11,12)9-4/h5,9H,1-4H3. The number of aryl methyl sites for hydroxylation is 1. The average Bonchev–Trinajstić information content (AvgIpc) is 2.48. The zero-order valence-electron chi connectivity index (χ0n) is 8.66. The summed E-state index contributed by atoms with van der Waals surface area (Å²) < 4.78 is 25.7. The van der Waals surface area contributed by atoms with Crippen molar-refractivity contribution in [2.45, 2.75) is 30.9 Å². The molecule has 0 aromatic carbocycles. The van der Waals surface area contributed by atoms with Crippen molar-refractivity contribution in [2.24, 2.45) is 0 Å². The van der Waals surface area contributed by atoms with Gasteiger partial charge in [-0.1, -0.05) is 13.8 Å². The fourth-order valence-corrected chi connectivity index (χ4v) is 3.36. The van der Waals surface area contributed by atoms with Gasteiger partial charge in [-0.3, -0.25) is 0 Å². The SMILES string of the molecule is CNS(=O)(=O)c1sc(C(C)C)nc1C. The van der Waals surface area contributed by atoms with Crippen LogP contribution in [0.15, 0.2) is 4.21 Å². The fourth-order valence-electron chi connectivity index (χ4n) is 0.992. The summed E-state index contributed by atoms with van der Waals surface area (Å²) >= 11 is 1.24. The van der Waals surface area contributed by atoms with Crippen LogP contribution in [0.25, 0.3) is 0 Å². The highest BCUT2D eigenvalue weighted by atomic mass is 32.2. The number of hydrogen-bond donors (Lipinski definition) is 1. The van der Waals surface area contributed by atoms with Crippen LogP contribution in [0.3, 0.4) is 0 Å². The van der Waals surface area contributed by atoms with E-state index in [0.29, 0.717) is 9.90 Å². The molecule has 0 saturated carbocycles. The maximum Gasteiger partial charge on any atom is 0.251 e. The quantitative estimate of drug-likeness (QED) is 0.862. The molecular weight excluding hydrogens is 220 g/mol. The minimum Gasteiger partial charge on any atom is -0.245 e. The Morgan fingerprint density at radius 2 is 2.00 bits per heavy atom. The lowest BCUT2D eigenvalue weighted by Crippen LogP contribution is -2.18. The summed E-state index contributed by atoms with van der Waals surface area (Å²) in [5.41, 5.74) is 0.577. The molecule has 0 unspecified atom stereocenters. The Morgan fingerprint density at radius 3 is 2.36 bits per heavy atom. The first-order chi connectivity index (χ1) is 6.38. The zero-order valence-corrected chi connectivity index (χ0v) is 10.3. The predicted octanol–water partition coefficient (Wildman–Crippen LogP) is 1.48. The molecule has 0 amide bonds. The molecule has 0 radical (unpaired) electrons. The Morgan fingerprint density at radius 1 is 1.43 bits per heavy atom. The van der Waals surface area contributed by atoms with Crippen LogP contribution in [0, 0.1) is 6.92 Å². The lowest BCUT2D eigenvalue weighted by molar-refractivity contribution is 0.589. The van der Waals surface area contributed by atoms with Crippen molar-refractivity contribution in [1.29, 1.82) is 0 Å². The molecule has 0 atom stereocenters. The third-order valence-electron chi connectivity index (χ3n) is 1.78. The minimum atomic E-state index is -3.34. The number of rotatable bonds is 3. The van der Waals surface area contributed by atoms with Gasteiger partial charge in [-0.15, -0.1) is 11.3 Å². The summed E-state index contributed by atoms with van der Waals surface area (Å²) in [6, 6.07) is 0. The lowest BCUT2D eigenvalue weighted by Gasteiger charge is -1.98. The second-order valence-corrected chi connectivity index (χ2v) is 6.40. The van der Waals surface area contributed by atoms with Gasteiger partial charge in [-0.05, 0) is 14.0 Å². The highest BCUT2D eigenvalue weighted by molar-refractivity contribution is 7.91. The predicted molar refractivity (Wildman–Crippen MR) is 57.2 cm³/mol. The first kappa shape index (κ1) is 11.6. The molecule has 0 aliphatic carbocycles. The molecule has 1 aromatic rings. The van der Waals surface area contributed by atoms with Crippen molar-refractivity contribution >= 4 is 21.4 Å². The third-order valence-corrected chi connectivity index (χ3v) is 5.26. The van der Waals surface area contributed by atoms with Gasteiger partial charge in [0.15, 0.2) is 4.21 Å². The van der Waals surface area contributed by atoms with E-state index in [-0.39, 0.29) is 5.92 Å². The van der Waals surface area contributed by atoms with E-state index in [0.717, 1.165) is 5.01 Å². The van der Waals surface area contributed by atoms with Gasteiger partial charge in [0, 0.05) is 5.92 Å². The summed E-state index contributed by atoms with van der Waals surface area (Å²) in [5, 5.41) is 0.858. The van der Waals surface area contributed by atoms with Crippen LogP contribution >= 0.6 is 11.3 Å². The number of thiazole rings is 1. The van der Waals surface area contributed by atoms with Crippen LogP contribution in [0.1, 0.15) is 30.5 Å². The molecule has 4 nitrogen and oxygen atoms in total. The largest absolute Gasteiger partial charge is 0.251 e. The number of nitrogens with zero attached hydrogens (tertiary/aromatic N) is 1. The highest BCUT2D eigenvalue weighted by Gasteiger charge is 2.20. The van der Waals surface area contributed by atoms with Crippen LogP contribution in [-0.4, -0.2) is 20.4 Å². The van der Waals surface area contributed by atoms with Crippen molar-refractivity contribution in [3.05, 3.63) is 10.7 Å². The van der Waals surface area contributed by atoms with Crippen molar-refractivity contribution in [2.75, 3.05) is 7.05 Å². The first-order valence-electron chi connectivity index (χ1n) is 4.29. The number of hydrogen-bond acceptors (Lipinski definition) is 4. The highest BCUT2D eigenvalue weighted by Crippen LogP contribution is 2.27. The van der Waals surface area contributed by atoms with E-state index in [9.17, 15) is 8.42 Å². The molecular formula is C8H14N2O2S2. The van der Waals surface area contributed by atoms with E-state index in [1.807, 2.05) is 13.8 Å². The molecule has 80 valence electrons. The Kier molecular flexibility index (Phi) is 3.28. The molecule has 0 fully saturated rings. The molecule has 0 bridgehead atoms. The smallest absolute Gasteiger partial charge is 0.245 e. The normalized spacial score (nSPS) is 12.4. The van der Waals surface area contributed by atoms with Crippen molar-refractivity contribution in [1.82, 2.24) is 9.71 Å².